The van der Waals surface area contributed by atoms with E-state index in [-0.39, 0.29) is 17.1 Å². The van der Waals surface area contributed by atoms with Gasteiger partial charge in [-0.05, 0) is 36.1 Å². The zero-order valence-electron chi connectivity index (χ0n) is 14.2. The van der Waals surface area contributed by atoms with Crippen molar-refractivity contribution in [3.63, 3.8) is 0 Å². The Bertz CT molecular complexity index is 848. The van der Waals surface area contributed by atoms with Gasteiger partial charge in [-0.2, -0.15) is 0 Å². The van der Waals surface area contributed by atoms with Gasteiger partial charge in [-0.25, -0.2) is 4.79 Å². The van der Waals surface area contributed by atoms with E-state index in [0.29, 0.717) is 10.8 Å². The molecule has 0 aliphatic rings. The Hall–Kier alpha value is -2.44. The van der Waals surface area contributed by atoms with Gasteiger partial charge in [0, 0.05) is 11.1 Å². The minimum absolute atomic E-state index is 0.155. The molecule has 0 aliphatic carbocycles. The van der Waals surface area contributed by atoms with Gasteiger partial charge in [0.1, 0.15) is 11.5 Å². The lowest BCUT2D eigenvalue weighted by Gasteiger charge is -2.13. The van der Waals surface area contributed by atoms with Crippen molar-refractivity contribution in [2.45, 2.75) is 4.90 Å². The van der Waals surface area contributed by atoms with Crippen LogP contribution in [0.4, 0.5) is 0 Å². The second-order valence-corrected chi connectivity index (χ2v) is 6.42. The van der Waals surface area contributed by atoms with Crippen LogP contribution in [-0.2, 0) is 4.79 Å². The highest BCUT2D eigenvalue weighted by Crippen LogP contribution is 2.35. The van der Waals surface area contributed by atoms with Crippen LogP contribution >= 0.6 is 23.4 Å². The molecular formula is C19H17ClO5S. The number of thioether (sulfide) groups is 1. The number of hydrogen-bond acceptors (Lipinski definition) is 5. The second kappa shape index (κ2) is 9.31. The number of carboxylic acid groups (broad SMARTS) is 1. The van der Waals surface area contributed by atoms with Crippen molar-refractivity contribution in [2.75, 3.05) is 20.0 Å². The van der Waals surface area contributed by atoms with Crippen molar-refractivity contribution in [3.8, 4) is 11.5 Å². The molecule has 0 amide bonds. The molecule has 0 saturated carbocycles. The van der Waals surface area contributed by atoms with Crippen molar-refractivity contribution in [3.05, 3.63) is 58.6 Å². The van der Waals surface area contributed by atoms with Crippen LogP contribution in [0.1, 0.15) is 15.9 Å². The van der Waals surface area contributed by atoms with Gasteiger partial charge < -0.3 is 14.6 Å². The zero-order valence-corrected chi connectivity index (χ0v) is 15.8. The van der Waals surface area contributed by atoms with Crippen LogP contribution in [0.2, 0.25) is 5.02 Å². The summed E-state index contributed by atoms with van der Waals surface area (Å²) >= 11 is 7.35. The molecule has 7 heteroatoms. The van der Waals surface area contributed by atoms with E-state index in [4.69, 9.17) is 26.2 Å². The Balaban J connectivity index is 2.37. The van der Waals surface area contributed by atoms with E-state index in [1.54, 1.807) is 30.3 Å². The number of aliphatic carboxylic acids is 1. The molecule has 0 aromatic heterocycles. The Kier molecular flexibility index (Phi) is 7.12. The predicted molar refractivity (Wildman–Crippen MR) is 103 cm³/mol. The first kappa shape index (κ1) is 19.9. The number of carbonyl (C=O) groups is 2. The maximum absolute atomic E-state index is 12.6. The minimum Gasteiger partial charge on any atom is -0.495 e. The number of ketones is 1. The van der Waals surface area contributed by atoms with Gasteiger partial charge >= 0.3 is 5.97 Å². The molecule has 0 heterocycles. The number of ether oxygens (including phenoxy) is 2. The lowest BCUT2D eigenvalue weighted by Crippen LogP contribution is -2.12. The van der Waals surface area contributed by atoms with Crippen molar-refractivity contribution < 1.29 is 24.2 Å². The Morgan fingerprint density at radius 2 is 2.00 bits per heavy atom. The standard InChI is InChI=1S/C19H17ClO5S/c1-24-17-10-16(25-11-19(22)23)14(9-18(17)26-2)15(21)7-6-12-4-3-5-13(20)8-12/h3-10H,11H2,1-2H3,(H,22,23). The summed E-state index contributed by atoms with van der Waals surface area (Å²) < 4.78 is 10.5. The number of hydrogen-bond donors (Lipinski definition) is 1. The summed E-state index contributed by atoms with van der Waals surface area (Å²) in [5.41, 5.74) is 1.03. The maximum atomic E-state index is 12.6. The van der Waals surface area contributed by atoms with Crippen LogP contribution in [-0.4, -0.2) is 36.8 Å². The fraction of sp³-hybridized carbons (Fsp3) is 0.158. The van der Waals surface area contributed by atoms with Crippen LogP contribution in [0.25, 0.3) is 6.08 Å². The monoisotopic (exact) mass is 392 g/mol. The average Bonchev–Trinajstić information content (AvgIpc) is 2.63. The Morgan fingerprint density at radius 3 is 2.62 bits per heavy atom. The molecule has 136 valence electrons. The molecule has 0 fully saturated rings. The van der Waals surface area contributed by atoms with E-state index < -0.39 is 12.6 Å². The predicted octanol–water partition coefficient (Wildman–Crippen LogP) is 4.43. The molecule has 0 radical (unpaired) electrons. The summed E-state index contributed by atoms with van der Waals surface area (Å²) in [4.78, 5) is 24.2. The van der Waals surface area contributed by atoms with Crippen LogP contribution in [0, 0.1) is 0 Å². The quantitative estimate of drug-likeness (QED) is 0.407. The van der Waals surface area contributed by atoms with E-state index >= 15 is 0 Å². The molecular weight excluding hydrogens is 376 g/mol. The number of methoxy groups -OCH3 is 1. The smallest absolute Gasteiger partial charge is 0.341 e. The maximum Gasteiger partial charge on any atom is 0.341 e. The normalized spacial score (nSPS) is 10.7. The summed E-state index contributed by atoms with van der Waals surface area (Å²) in [7, 11) is 1.50. The highest BCUT2D eigenvalue weighted by molar-refractivity contribution is 7.98. The molecule has 2 aromatic rings. The average molecular weight is 393 g/mol. The number of carboxylic acids is 1. The largest absolute Gasteiger partial charge is 0.495 e. The first-order valence-corrected chi connectivity index (χ1v) is 9.13. The summed E-state index contributed by atoms with van der Waals surface area (Å²) in [6.07, 6.45) is 4.88. The highest BCUT2D eigenvalue weighted by atomic mass is 35.5. The molecule has 0 spiro atoms. The molecule has 2 aromatic carbocycles. The highest BCUT2D eigenvalue weighted by Gasteiger charge is 2.16. The van der Waals surface area contributed by atoms with Gasteiger partial charge in [0.2, 0.25) is 0 Å². The summed E-state index contributed by atoms with van der Waals surface area (Å²) in [5, 5.41) is 9.41. The molecule has 0 bridgehead atoms. The first-order valence-electron chi connectivity index (χ1n) is 7.53. The number of halogens is 1. The molecule has 26 heavy (non-hydrogen) atoms. The molecule has 0 aliphatic heterocycles. The zero-order chi connectivity index (χ0) is 19.1. The number of rotatable bonds is 8. The topological polar surface area (TPSA) is 72.8 Å². The third kappa shape index (κ3) is 5.28. The minimum atomic E-state index is -1.13. The lowest BCUT2D eigenvalue weighted by molar-refractivity contribution is -0.139. The van der Waals surface area contributed by atoms with Crippen molar-refractivity contribution in [2.24, 2.45) is 0 Å². The van der Waals surface area contributed by atoms with Crippen molar-refractivity contribution >= 4 is 41.2 Å². The Morgan fingerprint density at radius 1 is 1.23 bits per heavy atom. The molecule has 1 N–H and O–H groups in total. The van der Waals surface area contributed by atoms with Crippen LogP contribution in [0.5, 0.6) is 11.5 Å². The number of carbonyl (C=O) groups excluding carboxylic acids is 1. The van der Waals surface area contributed by atoms with Gasteiger partial charge in [0.25, 0.3) is 0 Å². The fourth-order valence-corrected chi connectivity index (χ4v) is 2.96. The number of allylic oxidation sites excluding steroid dienone is 1. The van der Waals surface area contributed by atoms with E-state index in [9.17, 15) is 9.59 Å². The van der Waals surface area contributed by atoms with Gasteiger partial charge in [-0.15, -0.1) is 11.8 Å². The van der Waals surface area contributed by atoms with E-state index in [1.807, 2.05) is 12.3 Å². The van der Waals surface area contributed by atoms with Gasteiger partial charge in [0.05, 0.1) is 17.6 Å². The second-order valence-electron chi connectivity index (χ2n) is 5.14. The molecule has 2 rings (SSSR count). The molecule has 0 atom stereocenters. The van der Waals surface area contributed by atoms with Crippen molar-refractivity contribution in [1.29, 1.82) is 0 Å². The van der Waals surface area contributed by atoms with E-state index in [0.717, 1.165) is 10.5 Å². The first-order chi connectivity index (χ1) is 12.4. The molecule has 0 unspecified atom stereocenters. The summed E-state index contributed by atoms with van der Waals surface area (Å²) in [6.45, 7) is -0.555. The van der Waals surface area contributed by atoms with E-state index in [1.165, 1.54) is 31.0 Å². The van der Waals surface area contributed by atoms with Gasteiger partial charge in [-0.1, -0.05) is 29.8 Å². The fourth-order valence-electron chi connectivity index (χ4n) is 2.18. The summed E-state index contributed by atoms with van der Waals surface area (Å²) in [6, 6.07) is 10.2. The molecule has 0 saturated heterocycles. The Labute approximate surface area is 160 Å². The number of benzene rings is 2. The van der Waals surface area contributed by atoms with Crippen LogP contribution < -0.4 is 9.47 Å². The third-order valence-corrected chi connectivity index (χ3v) is 4.37. The summed E-state index contributed by atoms with van der Waals surface area (Å²) in [5.74, 6) is -0.787. The lowest BCUT2D eigenvalue weighted by atomic mass is 10.1. The SMILES string of the molecule is COc1cc(OCC(=O)O)c(C(=O)C=Cc2cccc(Cl)c2)cc1SC. The van der Waals surface area contributed by atoms with Crippen LogP contribution in [0.3, 0.4) is 0 Å². The third-order valence-electron chi connectivity index (χ3n) is 3.38. The van der Waals surface area contributed by atoms with Gasteiger partial charge in [0.15, 0.2) is 12.4 Å². The molecule has 5 nitrogen and oxygen atoms in total. The van der Waals surface area contributed by atoms with Gasteiger partial charge in [-0.3, -0.25) is 4.79 Å². The van der Waals surface area contributed by atoms with Crippen molar-refractivity contribution in [1.82, 2.24) is 0 Å². The van der Waals surface area contributed by atoms with E-state index in [2.05, 4.69) is 0 Å². The van der Waals surface area contributed by atoms with Crippen LogP contribution in [0.15, 0.2) is 47.4 Å².